The standard InChI is InChI=1S/C19H24BrN3O3S/c1-13-11-16(9-10-17(13)20)27(25,26)22-18(19(24)21-2)12-14-5-7-15(8-6-14)23(3)4/h5-11,18,22H,12H2,1-4H3,(H,21,24). The molecule has 8 heteroatoms. The summed E-state index contributed by atoms with van der Waals surface area (Å²) in [5.74, 6) is -0.385. The third-order valence-corrected chi connectivity index (χ3v) is 6.55. The molecule has 0 aliphatic heterocycles. The molecule has 0 bridgehead atoms. The topological polar surface area (TPSA) is 78.5 Å². The third kappa shape index (κ3) is 5.54. The van der Waals surface area contributed by atoms with Crippen molar-refractivity contribution in [1.82, 2.24) is 10.0 Å². The lowest BCUT2D eigenvalue weighted by atomic mass is 10.1. The Kier molecular flexibility index (Phi) is 7.02. The first-order valence-electron chi connectivity index (χ1n) is 8.40. The number of likely N-dealkylation sites (N-methyl/N-ethyl adjacent to an activating group) is 1. The van der Waals surface area contributed by atoms with Crippen molar-refractivity contribution < 1.29 is 13.2 Å². The van der Waals surface area contributed by atoms with Crippen molar-refractivity contribution in [3.05, 3.63) is 58.1 Å². The Labute approximate surface area is 169 Å². The van der Waals surface area contributed by atoms with Crippen molar-refractivity contribution in [2.45, 2.75) is 24.3 Å². The van der Waals surface area contributed by atoms with Crippen molar-refractivity contribution >= 4 is 37.5 Å². The zero-order valence-electron chi connectivity index (χ0n) is 15.8. The summed E-state index contributed by atoms with van der Waals surface area (Å²) in [7, 11) is 1.54. The molecule has 2 aromatic rings. The molecule has 2 rings (SSSR count). The van der Waals surface area contributed by atoms with Gasteiger partial charge in [-0.2, -0.15) is 4.72 Å². The van der Waals surface area contributed by atoms with Crippen LogP contribution in [0.2, 0.25) is 0 Å². The van der Waals surface area contributed by atoms with Crippen molar-refractivity contribution in [3.8, 4) is 0 Å². The number of sulfonamides is 1. The molecule has 0 saturated carbocycles. The molecule has 0 radical (unpaired) electrons. The maximum Gasteiger partial charge on any atom is 0.241 e. The Morgan fingerprint density at radius 1 is 1.15 bits per heavy atom. The smallest absolute Gasteiger partial charge is 0.241 e. The Morgan fingerprint density at radius 3 is 2.30 bits per heavy atom. The van der Waals surface area contributed by atoms with Crippen LogP contribution in [0.1, 0.15) is 11.1 Å². The summed E-state index contributed by atoms with van der Waals surface area (Å²) in [6.07, 6.45) is 0.252. The van der Waals surface area contributed by atoms with Crippen LogP contribution in [0.15, 0.2) is 51.8 Å². The van der Waals surface area contributed by atoms with Gasteiger partial charge in [-0.25, -0.2) is 8.42 Å². The van der Waals surface area contributed by atoms with Crippen LogP contribution in [0.4, 0.5) is 5.69 Å². The molecule has 0 aliphatic rings. The Bertz CT molecular complexity index is 912. The van der Waals surface area contributed by atoms with E-state index in [1.165, 1.54) is 13.1 Å². The molecular weight excluding hydrogens is 430 g/mol. The molecule has 1 amide bonds. The molecule has 0 spiro atoms. The molecular formula is C19H24BrN3O3S. The first-order chi connectivity index (χ1) is 12.6. The molecule has 0 saturated heterocycles. The number of carbonyl (C=O) groups is 1. The summed E-state index contributed by atoms with van der Waals surface area (Å²) in [5, 5.41) is 2.53. The zero-order valence-corrected chi connectivity index (χ0v) is 18.2. The predicted octanol–water partition coefficient (Wildman–Crippen LogP) is 2.46. The van der Waals surface area contributed by atoms with Gasteiger partial charge in [-0.05, 0) is 54.8 Å². The van der Waals surface area contributed by atoms with Gasteiger partial charge in [0.2, 0.25) is 15.9 Å². The van der Waals surface area contributed by atoms with Crippen molar-refractivity contribution in [1.29, 1.82) is 0 Å². The number of anilines is 1. The average molecular weight is 454 g/mol. The number of nitrogens with zero attached hydrogens (tertiary/aromatic N) is 1. The lowest BCUT2D eigenvalue weighted by Crippen LogP contribution is -2.46. The number of hydrogen-bond donors (Lipinski definition) is 2. The fourth-order valence-corrected chi connectivity index (χ4v) is 4.09. The monoisotopic (exact) mass is 453 g/mol. The first kappa shape index (κ1) is 21.4. The molecule has 6 nitrogen and oxygen atoms in total. The number of nitrogens with one attached hydrogen (secondary N) is 2. The summed E-state index contributed by atoms with van der Waals surface area (Å²) in [4.78, 5) is 14.4. The quantitative estimate of drug-likeness (QED) is 0.674. The van der Waals surface area contributed by atoms with E-state index in [2.05, 4.69) is 26.0 Å². The number of benzene rings is 2. The maximum atomic E-state index is 12.7. The first-order valence-corrected chi connectivity index (χ1v) is 10.7. The van der Waals surface area contributed by atoms with E-state index in [-0.39, 0.29) is 17.2 Å². The van der Waals surface area contributed by atoms with Gasteiger partial charge in [0.15, 0.2) is 0 Å². The van der Waals surface area contributed by atoms with E-state index in [1.54, 1.807) is 12.1 Å². The zero-order chi connectivity index (χ0) is 20.2. The summed E-state index contributed by atoms with van der Waals surface area (Å²) in [6.45, 7) is 1.81. The van der Waals surface area contributed by atoms with Crippen LogP contribution in [0, 0.1) is 6.92 Å². The lowest BCUT2D eigenvalue weighted by Gasteiger charge is -2.19. The minimum atomic E-state index is -3.84. The fraction of sp³-hybridized carbons (Fsp3) is 0.316. The molecule has 1 atom stereocenters. The van der Waals surface area contributed by atoms with Crippen LogP contribution in [0.3, 0.4) is 0 Å². The normalized spacial score (nSPS) is 12.5. The van der Waals surface area contributed by atoms with E-state index < -0.39 is 16.1 Å². The van der Waals surface area contributed by atoms with Crippen LogP contribution in [-0.4, -0.2) is 41.5 Å². The summed E-state index contributed by atoms with van der Waals surface area (Å²) >= 11 is 3.36. The second-order valence-corrected chi connectivity index (χ2v) is 9.03. The molecule has 0 fully saturated rings. The molecule has 146 valence electrons. The summed E-state index contributed by atoms with van der Waals surface area (Å²) in [5.41, 5.74) is 2.69. The third-order valence-electron chi connectivity index (χ3n) is 4.19. The second kappa shape index (κ2) is 8.86. The Balaban J connectivity index is 2.25. The minimum absolute atomic E-state index is 0.125. The molecule has 0 aliphatic carbocycles. The number of carbonyl (C=O) groups excluding carboxylic acids is 1. The van der Waals surface area contributed by atoms with Gasteiger partial charge in [0, 0.05) is 31.3 Å². The summed E-state index contributed by atoms with van der Waals surface area (Å²) < 4.78 is 28.8. The van der Waals surface area contributed by atoms with Crippen molar-refractivity contribution in [2.24, 2.45) is 0 Å². The van der Waals surface area contributed by atoms with E-state index >= 15 is 0 Å². The molecule has 1 unspecified atom stereocenters. The van der Waals surface area contributed by atoms with Gasteiger partial charge in [-0.1, -0.05) is 28.1 Å². The molecule has 27 heavy (non-hydrogen) atoms. The number of halogens is 1. The van der Waals surface area contributed by atoms with Gasteiger partial charge in [0.25, 0.3) is 0 Å². The fourth-order valence-electron chi connectivity index (χ4n) is 2.57. The van der Waals surface area contributed by atoms with Gasteiger partial charge in [0.1, 0.15) is 6.04 Å². The predicted molar refractivity (Wildman–Crippen MR) is 112 cm³/mol. The molecule has 2 N–H and O–H groups in total. The number of rotatable bonds is 7. The SMILES string of the molecule is CNC(=O)C(Cc1ccc(N(C)C)cc1)NS(=O)(=O)c1ccc(Br)c(C)c1. The maximum absolute atomic E-state index is 12.7. The minimum Gasteiger partial charge on any atom is -0.378 e. The van der Waals surface area contributed by atoms with Crippen LogP contribution in [0.5, 0.6) is 0 Å². The van der Waals surface area contributed by atoms with Gasteiger partial charge in [-0.3, -0.25) is 4.79 Å². The highest BCUT2D eigenvalue weighted by Gasteiger charge is 2.25. The van der Waals surface area contributed by atoms with E-state index in [9.17, 15) is 13.2 Å². The second-order valence-electron chi connectivity index (χ2n) is 6.46. The Hall–Kier alpha value is -1.90. The number of amides is 1. The molecule has 0 heterocycles. The lowest BCUT2D eigenvalue weighted by molar-refractivity contribution is -0.122. The van der Waals surface area contributed by atoms with Crippen LogP contribution in [0.25, 0.3) is 0 Å². The van der Waals surface area contributed by atoms with Crippen molar-refractivity contribution in [2.75, 3.05) is 26.0 Å². The highest BCUT2D eigenvalue weighted by Crippen LogP contribution is 2.21. The Morgan fingerprint density at radius 2 is 1.78 bits per heavy atom. The van der Waals surface area contributed by atoms with E-state index in [0.29, 0.717) is 0 Å². The van der Waals surface area contributed by atoms with Gasteiger partial charge in [0.05, 0.1) is 4.90 Å². The highest BCUT2D eigenvalue weighted by atomic mass is 79.9. The van der Waals surface area contributed by atoms with Gasteiger partial charge < -0.3 is 10.2 Å². The highest BCUT2D eigenvalue weighted by molar-refractivity contribution is 9.10. The van der Waals surface area contributed by atoms with Crippen LogP contribution < -0.4 is 14.9 Å². The van der Waals surface area contributed by atoms with Crippen molar-refractivity contribution in [3.63, 3.8) is 0 Å². The largest absolute Gasteiger partial charge is 0.378 e. The average Bonchev–Trinajstić information content (AvgIpc) is 2.62. The van der Waals surface area contributed by atoms with Gasteiger partial charge >= 0.3 is 0 Å². The van der Waals surface area contributed by atoms with Crippen LogP contribution in [-0.2, 0) is 21.2 Å². The van der Waals surface area contributed by atoms with E-state index in [4.69, 9.17) is 0 Å². The summed E-state index contributed by atoms with van der Waals surface area (Å²) in [6, 6.07) is 11.5. The molecule has 2 aromatic carbocycles. The van der Waals surface area contributed by atoms with E-state index in [0.717, 1.165) is 21.3 Å². The van der Waals surface area contributed by atoms with E-state index in [1.807, 2.05) is 50.2 Å². The number of aryl methyl sites for hydroxylation is 1. The van der Waals surface area contributed by atoms with Crippen LogP contribution >= 0.6 is 15.9 Å². The number of hydrogen-bond acceptors (Lipinski definition) is 4. The van der Waals surface area contributed by atoms with Gasteiger partial charge in [-0.15, -0.1) is 0 Å². The molecule has 0 aromatic heterocycles.